The van der Waals surface area contributed by atoms with Gasteiger partial charge in [0.2, 0.25) is 35.9 Å². The average Bonchev–Trinajstić information content (AvgIpc) is 2.97. The highest BCUT2D eigenvalue weighted by Gasteiger charge is 2.31. The van der Waals surface area contributed by atoms with Crippen LogP contribution < -0.4 is 31.9 Å². The van der Waals surface area contributed by atoms with Gasteiger partial charge in [0.15, 0.2) is 0 Å². The first-order valence-electron chi connectivity index (χ1n) is 14.0. The Kier molecular flexibility index (Phi) is 20.5. The van der Waals surface area contributed by atoms with Crippen LogP contribution in [0.1, 0.15) is 46.0 Å². The third-order valence-electron chi connectivity index (χ3n) is 6.07. The molecule has 0 radical (unpaired) electrons. The molecule has 18 nitrogen and oxygen atoms in total. The van der Waals surface area contributed by atoms with Crippen molar-refractivity contribution in [1.29, 1.82) is 0 Å². The van der Waals surface area contributed by atoms with Crippen LogP contribution in [0.3, 0.4) is 0 Å². The SMILES string of the molecule is CSCC[C@H](NC=O)C(=O)N[C@@H](CC(=O)O)C(=O)NCC(=O)N[C@@H](CS)C(=O)N[C@@H](CCC(=O)O)C(=O)N[C@@H](CC(C)C)C(=O)O. The van der Waals surface area contributed by atoms with Gasteiger partial charge in [-0.15, -0.1) is 0 Å². The van der Waals surface area contributed by atoms with Crippen molar-refractivity contribution in [2.75, 3.05) is 24.3 Å². The Morgan fingerprint density at radius 3 is 1.80 bits per heavy atom. The van der Waals surface area contributed by atoms with Crippen LogP contribution in [0.25, 0.3) is 0 Å². The molecule has 0 saturated carbocycles. The van der Waals surface area contributed by atoms with E-state index in [1.807, 2.05) is 0 Å². The van der Waals surface area contributed by atoms with E-state index in [4.69, 9.17) is 5.11 Å². The number of amides is 6. The molecule has 0 unspecified atom stereocenters. The lowest BCUT2D eigenvalue weighted by Crippen LogP contribution is -2.57. The predicted octanol–water partition coefficient (Wildman–Crippen LogP) is -2.69. The maximum absolute atomic E-state index is 12.9. The van der Waals surface area contributed by atoms with Crippen LogP contribution in [0, 0.1) is 5.92 Å². The molecule has 9 N–H and O–H groups in total. The van der Waals surface area contributed by atoms with E-state index < -0.39 is 103 Å². The molecular formula is C26H42N6O12S2. The molecule has 0 aromatic carbocycles. The first-order chi connectivity index (χ1) is 21.6. The van der Waals surface area contributed by atoms with E-state index in [9.17, 15) is 53.4 Å². The Balaban J connectivity index is 5.47. The summed E-state index contributed by atoms with van der Waals surface area (Å²) in [5, 5.41) is 41.1. The molecule has 46 heavy (non-hydrogen) atoms. The molecule has 260 valence electrons. The van der Waals surface area contributed by atoms with Crippen molar-refractivity contribution < 1.29 is 58.5 Å². The quantitative estimate of drug-likeness (QED) is 0.0364. The van der Waals surface area contributed by atoms with Gasteiger partial charge < -0.3 is 47.2 Å². The number of carbonyl (C=O) groups is 9. The van der Waals surface area contributed by atoms with Gasteiger partial charge in [0.05, 0.1) is 13.0 Å². The molecular weight excluding hydrogens is 652 g/mol. The van der Waals surface area contributed by atoms with Gasteiger partial charge in [0.1, 0.15) is 30.2 Å². The molecule has 0 aliphatic heterocycles. The van der Waals surface area contributed by atoms with Crippen molar-refractivity contribution in [2.45, 2.75) is 76.2 Å². The van der Waals surface area contributed by atoms with E-state index in [-0.39, 0.29) is 30.9 Å². The maximum atomic E-state index is 12.9. The van der Waals surface area contributed by atoms with E-state index in [0.29, 0.717) is 5.75 Å². The number of hydrogen-bond donors (Lipinski definition) is 10. The second-order valence-electron chi connectivity index (χ2n) is 10.3. The Hall–Kier alpha value is -4.07. The van der Waals surface area contributed by atoms with Gasteiger partial charge in [-0.25, -0.2) is 4.79 Å². The standard InChI is InChI=1S/C26H42N6O12S2/c1-13(2)8-17(26(43)44)32-24(41)15(4-5-20(35)36)30-25(42)18(11-45)29-19(34)10-27-22(39)16(9-21(37)38)31-23(40)14(28-12-33)6-7-46-3/h12-18,45H,4-11H2,1-3H3,(H,27,39)(H,28,33)(H,29,34)(H,30,42)(H,31,40)(H,32,41)(H,35,36)(H,37,38)(H,43,44)/t14-,15-,16-,17-,18-/m0/s1. The smallest absolute Gasteiger partial charge is 0.326 e. The predicted molar refractivity (Wildman–Crippen MR) is 167 cm³/mol. The van der Waals surface area contributed by atoms with Crippen LogP contribution >= 0.6 is 24.4 Å². The Bertz CT molecular complexity index is 1110. The second kappa shape index (κ2) is 22.4. The van der Waals surface area contributed by atoms with E-state index >= 15 is 0 Å². The van der Waals surface area contributed by atoms with Gasteiger partial charge in [0.25, 0.3) is 0 Å². The van der Waals surface area contributed by atoms with Crippen LogP contribution in [0.4, 0.5) is 0 Å². The maximum Gasteiger partial charge on any atom is 0.326 e. The Morgan fingerprint density at radius 2 is 1.30 bits per heavy atom. The van der Waals surface area contributed by atoms with Crippen LogP contribution in [0.15, 0.2) is 0 Å². The molecule has 0 bridgehead atoms. The van der Waals surface area contributed by atoms with Crippen molar-refractivity contribution in [2.24, 2.45) is 5.92 Å². The molecule has 5 atom stereocenters. The summed E-state index contributed by atoms with van der Waals surface area (Å²) in [5.41, 5.74) is 0. The highest BCUT2D eigenvalue weighted by molar-refractivity contribution is 7.98. The number of carboxylic acid groups (broad SMARTS) is 3. The fraction of sp³-hybridized carbons (Fsp3) is 0.654. The van der Waals surface area contributed by atoms with Crippen LogP contribution in [-0.4, -0.2) is 124 Å². The summed E-state index contributed by atoms with van der Waals surface area (Å²) in [5.74, 6) is -8.75. The number of aliphatic carboxylic acids is 3. The molecule has 0 saturated heterocycles. The van der Waals surface area contributed by atoms with E-state index in [1.54, 1.807) is 20.1 Å². The fourth-order valence-corrected chi connectivity index (χ4v) is 4.50. The number of hydrogen-bond acceptors (Lipinski definition) is 11. The summed E-state index contributed by atoms with van der Waals surface area (Å²) in [6.45, 7) is 2.68. The van der Waals surface area contributed by atoms with Crippen LogP contribution in [-0.2, 0) is 43.2 Å². The lowest BCUT2D eigenvalue weighted by molar-refractivity contribution is -0.143. The monoisotopic (exact) mass is 694 g/mol. The lowest BCUT2D eigenvalue weighted by atomic mass is 10.0. The normalized spacial score (nSPS) is 13.9. The van der Waals surface area contributed by atoms with Gasteiger partial charge in [-0.2, -0.15) is 24.4 Å². The molecule has 6 amide bonds. The van der Waals surface area contributed by atoms with Gasteiger partial charge >= 0.3 is 17.9 Å². The number of thiol groups is 1. The van der Waals surface area contributed by atoms with Gasteiger partial charge in [-0.05, 0) is 37.2 Å². The number of thioether (sulfide) groups is 1. The van der Waals surface area contributed by atoms with Gasteiger partial charge in [-0.3, -0.25) is 38.4 Å². The third-order valence-corrected chi connectivity index (χ3v) is 7.08. The number of carbonyl (C=O) groups excluding carboxylic acids is 6. The zero-order valence-electron chi connectivity index (χ0n) is 25.6. The van der Waals surface area contributed by atoms with E-state index in [0.717, 1.165) is 0 Å². The zero-order chi connectivity index (χ0) is 35.4. The summed E-state index contributed by atoms with van der Waals surface area (Å²) < 4.78 is 0. The summed E-state index contributed by atoms with van der Waals surface area (Å²) in [7, 11) is 0. The molecule has 20 heteroatoms. The van der Waals surface area contributed by atoms with Crippen LogP contribution in [0.5, 0.6) is 0 Å². The highest BCUT2D eigenvalue weighted by atomic mass is 32.2. The molecule has 0 aliphatic rings. The average molecular weight is 695 g/mol. The van der Waals surface area contributed by atoms with E-state index in [1.165, 1.54) is 11.8 Å². The van der Waals surface area contributed by atoms with Gasteiger partial charge in [0, 0.05) is 12.2 Å². The van der Waals surface area contributed by atoms with Crippen molar-refractivity contribution in [3.05, 3.63) is 0 Å². The summed E-state index contributed by atoms with van der Waals surface area (Å²) in [6, 6.07) is -6.85. The molecule has 0 fully saturated rings. The number of nitrogens with one attached hydrogen (secondary N) is 6. The third kappa shape index (κ3) is 17.4. The zero-order valence-corrected chi connectivity index (χ0v) is 27.3. The first kappa shape index (κ1) is 41.9. The lowest BCUT2D eigenvalue weighted by Gasteiger charge is -2.24. The Morgan fingerprint density at radius 1 is 0.739 bits per heavy atom. The minimum Gasteiger partial charge on any atom is -0.481 e. The molecule has 0 aromatic rings. The molecule has 0 heterocycles. The topological polar surface area (TPSA) is 286 Å². The largest absolute Gasteiger partial charge is 0.481 e. The summed E-state index contributed by atoms with van der Waals surface area (Å²) in [6.07, 6.45) is 0.506. The summed E-state index contributed by atoms with van der Waals surface area (Å²) >= 11 is 5.39. The van der Waals surface area contributed by atoms with E-state index in [2.05, 4.69) is 44.5 Å². The Labute approximate surface area is 274 Å². The molecule has 0 aromatic heterocycles. The number of carboxylic acids is 3. The van der Waals surface area contributed by atoms with Crippen molar-refractivity contribution in [3.63, 3.8) is 0 Å². The van der Waals surface area contributed by atoms with Crippen molar-refractivity contribution in [3.8, 4) is 0 Å². The van der Waals surface area contributed by atoms with Gasteiger partial charge in [-0.1, -0.05) is 13.8 Å². The first-order valence-corrected chi connectivity index (χ1v) is 16.0. The summed E-state index contributed by atoms with van der Waals surface area (Å²) in [4.78, 5) is 108. The minimum absolute atomic E-state index is 0.0624. The minimum atomic E-state index is -1.62. The molecule has 0 rings (SSSR count). The van der Waals surface area contributed by atoms with Crippen molar-refractivity contribution >= 4 is 78.2 Å². The fourth-order valence-electron chi connectivity index (χ4n) is 3.77. The van der Waals surface area contributed by atoms with Crippen LogP contribution in [0.2, 0.25) is 0 Å². The molecule has 0 aliphatic carbocycles. The number of rotatable bonds is 24. The van der Waals surface area contributed by atoms with Crippen molar-refractivity contribution in [1.82, 2.24) is 31.9 Å². The second-order valence-corrected chi connectivity index (χ2v) is 11.7. The molecule has 0 spiro atoms. The highest BCUT2D eigenvalue weighted by Crippen LogP contribution is 2.07.